The first-order valence-electron chi connectivity index (χ1n) is 7.51. The first kappa shape index (κ1) is 14.8. The predicted octanol–water partition coefficient (Wildman–Crippen LogP) is 5.66. The highest BCUT2D eigenvalue weighted by molar-refractivity contribution is 7.50. The Labute approximate surface area is 141 Å². The largest absolute Gasteiger partial charge is 0.465 e. The number of ether oxygens (including phenoxy) is 1. The Morgan fingerprint density at radius 1 is 0.917 bits per heavy atom. The monoisotopic (exact) mass is 337 g/mol. The maximum absolute atomic E-state index is 14.4. The molecule has 0 aliphatic rings. The number of hydrogen-bond acceptors (Lipinski definition) is 2. The fourth-order valence-corrected chi connectivity index (χ4v) is 5.40. The molecule has 0 radical (unpaired) electrons. The van der Waals surface area contributed by atoms with Crippen molar-refractivity contribution in [2.75, 3.05) is 7.11 Å². The summed E-state index contributed by atoms with van der Waals surface area (Å²) in [6.07, 6.45) is 0. The van der Waals surface area contributed by atoms with Crippen molar-refractivity contribution in [1.29, 1.82) is 0 Å². The number of methoxy groups -OCH3 is 1. The standard InChI is InChI=1S/C20H14FO2S/c1-23-20(22)16-11-10-13(12-17(16)21)24-18-8-4-2-6-14(18)15-7-3-5-9-19(15)24/h2-12H,1H3/q+1. The molecule has 0 bridgehead atoms. The number of thiophene rings is 1. The van der Waals surface area contributed by atoms with Crippen LogP contribution in [0.15, 0.2) is 66.7 Å². The number of halogens is 1. The van der Waals surface area contributed by atoms with Crippen molar-refractivity contribution in [3.8, 4) is 4.90 Å². The van der Waals surface area contributed by atoms with Crippen LogP contribution in [0.1, 0.15) is 10.4 Å². The van der Waals surface area contributed by atoms with Crippen LogP contribution >= 0.6 is 10.5 Å². The predicted molar refractivity (Wildman–Crippen MR) is 96.6 cm³/mol. The zero-order valence-corrected chi connectivity index (χ0v) is 13.8. The fourth-order valence-electron chi connectivity index (χ4n) is 3.01. The van der Waals surface area contributed by atoms with Crippen LogP contribution in [0.4, 0.5) is 4.39 Å². The topological polar surface area (TPSA) is 26.3 Å². The van der Waals surface area contributed by atoms with Gasteiger partial charge in [0.1, 0.15) is 5.82 Å². The minimum Gasteiger partial charge on any atom is -0.465 e. The Bertz CT molecular complexity index is 1030. The molecule has 0 atom stereocenters. The average Bonchev–Trinajstić information content (AvgIpc) is 2.95. The molecule has 0 aliphatic heterocycles. The van der Waals surface area contributed by atoms with Crippen molar-refractivity contribution in [2.45, 2.75) is 0 Å². The van der Waals surface area contributed by atoms with Gasteiger partial charge in [-0.15, -0.1) is 0 Å². The SMILES string of the molecule is COC(=O)c1ccc(-[s+]2c3ccccc3c3ccccc32)cc1F. The van der Waals surface area contributed by atoms with Gasteiger partial charge in [-0.3, -0.25) is 0 Å². The summed E-state index contributed by atoms with van der Waals surface area (Å²) in [4.78, 5) is 12.5. The molecule has 0 unspecified atom stereocenters. The molecule has 118 valence electrons. The van der Waals surface area contributed by atoms with E-state index in [0.29, 0.717) is 0 Å². The minimum atomic E-state index is -0.658. The highest BCUT2D eigenvalue weighted by atomic mass is 32.2. The number of carbonyl (C=O) groups excluding carboxylic acids is 1. The van der Waals surface area contributed by atoms with E-state index in [1.807, 2.05) is 30.3 Å². The molecule has 4 rings (SSSR count). The third kappa shape index (κ3) is 2.19. The summed E-state index contributed by atoms with van der Waals surface area (Å²) in [5.74, 6) is -1.21. The molecule has 0 N–H and O–H groups in total. The van der Waals surface area contributed by atoms with Gasteiger partial charge in [0.05, 0.1) is 12.7 Å². The molecule has 4 aromatic rings. The van der Waals surface area contributed by atoms with E-state index in [1.165, 1.54) is 39.4 Å². The van der Waals surface area contributed by atoms with Crippen LogP contribution < -0.4 is 0 Å². The van der Waals surface area contributed by atoms with Gasteiger partial charge in [0.2, 0.25) is 0 Å². The van der Waals surface area contributed by atoms with Crippen molar-refractivity contribution in [2.24, 2.45) is 0 Å². The number of fused-ring (bicyclic) bond motifs is 3. The number of rotatable bonds is 2. The zero-order valence-electron chi connectivity index (χ0n) is 13.0. The van der Waals surface area contributed by atoms with Crippen LogP contribution in [-0.2, 0) is 4.74 Å². The van der Waals surface area contributed by atoms with Crippen molar-refractivity contribution < 1.29 is 13.9 Å². The molecule has 1 aromatic heterocycles. The molecule has 0 fully saturated rings. The molecular formula is C20H14FO2S+. The summed E-state index contributed by atoms with van der Waals surface area (Å²) in [5.41, 5.74) is -0.0365. The van der Waals surface area contributed by atoms with Gasteiger partial charge in [-0.1, -0.05) is 24.3 Å². The molecule has 3 aromatic carbocycles. The van der Waals surface area contributed by atoms with Crippen LogP contribution in [0.5, 0.6) is 0 Å². The lowest BCUT2D eigenvalue weighted by atomic mass is 10.2. The lowest BCUT2D eigenvalue weighted by molar-refractivity contribution is 0.0595. The summed E-state index contributed by atoms with van der Waals surface area (Å²) in [6, 6.07) is 21.2. The van der Waals surface area contributed by atoms with E-state index in [0.717, 1.165) is 4.90 Å². The molecule has 1 heterocycles. The van der Waals surface area contributed by atoms with Gasteiger partial charge in [0.25, 0.3) is 0 Å². The highest BCUT2D eigenvalue weighted by Crippen LogP contribution is 2.48. The van der Waals surface area contributed by atoms with Gasteiger partial charge in [0.15, 0.2) is 14.3 Å². The summed E-state index contributed by atoms with van der Waals surface area (Å²) >= 11 is 0. The number of esters is 1. The lowest BCUT2D eigenvalue weighted by Gasteiger charge is -2.01. The first-order chi connectivity index (χ1) is 11.7. The quantitative estimate of drug-likeness (QED) is 0.349. The van der Waals surface area contributed by atoms with Crippen LogP contribution in [0.25, 0.3) is 25.1 Å². The van der Waals surface area contributed by atoms with Gasteiger partial charge in [-0.05, 0) is 36.4 Å². The van der Waals surface area contributed by atoms with Crippen LogP contribution in [0.2, 0.25) is 0 Å². The van der Waals surface area contributed by atoms with E-state index in [2.05, 4.69) is 29.0 Å². The van der Waals surface area contributed by atoms with E-state index in [-0.39, 0.29) is 16.0 Å². The average molecular weight is 337 g/mol. The molecule has 0 amide bonds. The maximum atomic E-state index is 14.4. The van der Waals surface area contributed by atoms with Gasteiger partial charge < -0.3 is 4.74 Å². The molecule has 2 nitrogen and oxygen atoms in total. The zero-order chi connectivity index (χ0) is 16.7. The number of carbonyl (C=O) groups is 1. The summed E-state index contributed by atoms with van der Waals surface area (Å²) in [7, 11) is 0.884. The second kappa shape index (κ2) is 5.73. The molecule has 0 spiro atoms. The summed E-state index contributed by atoms with van der Waals surface area (Å²) in [6.45, 7) is 0. The normalized spacial score (nSPS) is 11.1. The molecule has 24 heavy (non-hydrogen) atoms. The van der Waals surface area contributed by atoms with E-state index in [9.17, 15) is 9.18 Å². The van der Waals surface area contributed by atoms with E-state index in [1.54, 1.807) is 0 Å². The van der Waals surface area contributed by atoms with E-state index < -0.39 is 11.8 Å². The fraction of sp³-hybridized carbons (Fsp3) is 0.0500. The lowest BCUT2D eigenvalue weighted by Crippen LogP contribution is -2.03. The third-order valence-electron chi connectivity index (χ3n) is 4.09. The van der Waals surface area contributed by atoms with Crippen LogP contribution in [-0.4, -0.2) is 13.1 Å². The smallest absolute Gasteiger partial charge is 0.340 e. The van der Waals surface area contributed by atoms with Crippen molar-refractivity contribution in [3.63, 3.8) is 0 Å². The number of hydrogen-bond donors (Lipinski definition) is 0. The Balaban J connectivity index is 2.02. The highest BCUT2D eigenvalue weighted by Gasteiger charge is 2.24. The Hall–Kier alpha value is -2.72. The van der Waals surface area contributed by atoms with Crippen LogP contribution in [0.3, 0.4) is 0 Å². The maximum Gasteiger partial charge on any atom is 0.340 e. The minimum absolute atomic E-state index is 0.0365. The molecule has 4 heteroatoms. The molecular weight excluding hydrogens is 323 g/mol. The molecule has 0 saturated heterocycles. The van der Waals surface area contributed by atoms with Crippen LogP contribution in [0, 0.1) is 5.82 Å². The third-order valence-corrected chi connectivity index (χ3v) is 6.40. The van der Waals surface area contributed by atoms with Gasteiger partial charge in [0, 0.05) is 27.3 Å². The first-order valence-corrected chi connectivity index (χ1v) is 8.74. The molecule has 0 saturated carbocycles. The van der Waals surface area contributed by atoms with Crippen molar-refractivity contribution in [3.05, 3.63) is 78.1 Å². The van der Waals surface area contributed by atoms with Crippen molar-refractivity contribution >= 4 is 36.6 Å². The Kier molecular flexibility index (Phi) is 3.54. The second-order valence-corrected chi connectivity index (χ2v) is 7.40. The van der Waals surface area contributed by atoms with E-state index in [4.69, 9.17) is 0 Å². The van der Waals surface area contributed by atoms with E-state index >= 15 is 0 Å². The van der Waals surface area contributed by atoms with Crippen molar-refractivity contribution in [1.82, 2.24) is 0 Å². The van der Waals surface area contributed by atoms with Gasteiger partial charge in [-0.2, -0.15) is 0 Å². The second-order valence-electron chi connectivity index (χ2n) is 5.43. The Morgan fingerprint density at radius 3 is 2.04 bits per heavy atom. The van der Waals surface area contributed by atoms with Gasteiger partial charge >= 0.3 is 5.97 Å². The summed E-state index contributed by atoms with van der Waals surface area (Å²) in [5, 5.41) is 2.38. The number of benzene rings is 3. The Morgan fingerprint density at radius 2 is 1.50 bits per heavy atom. The summed E-state index contributed by atoms with van der Waals surface area (Å²) < 4.78 is 21.4. The van der Waals surface area contributed by atoms with Gasteiger partial charge in [-0.25, -0.2) is 9.18 Å². The molecule has 0 aliphatic carbocycles.